The summed E-state index contributed by atoms with van der Waals surface area (Å²) in [4.78, 5) is 4.93. The largest absolute Gasteiger partial charge is 0.310 e. The number of benzene rings is 21. The quantitative estimate of drug-likeness (QED) is 0.101. The van der Waals surface area contributed by atoms with Crippen molar-refractivity contribution < 1.29 is 0 Å². The molecule has 3 aliphatic rings. The van der Waals surface area contributed by atoms with Gasteiger partial charge in [0.1, 0.15) is 0 Å². The van der Waals surface area contributed by atoms with Crippen LogP contribution in [-0.2, 0) is 10.8 Å². The van der Waals surface area contributed by atoms with Crippen molar-refractivity contribution in [3.05, 3.63) is 471 Å². The van der Waals surface area contributed by atoms with Crippen molar-refractivity contribution in [1.29, 1.82) is 0 Å². The lowest BCUT2D eigenvalue weighted by molar-refractivity contribution is 0.660. The fourth-order valence-corrected chi connectivity index (χ4v) is 24.2. The zero-order valence-electron chi connectivity index (χ0n) is 73.4. The van der Waals surface area contributed by atoms with Gasteiger partial charge in [-0.3, -0.25) is 0 Å². The minimum atomic E-state index is -0.313. The van der Waals surface area contributed by atoms with E-state index >= 15 is 0 Å². The Morgan fingerprint density at radius 2 is 0.462 bits per heavy atom. The van der Waals surface area contributed by atoms with Crippen molar-refractivity contribution in [2.24, 2.45) is 0 Å². The van der Waals surface area contributed by atoms with Gasteiger partial charge in [0.15, 0.2) is 0 Å². The molecular formula is C128H86N2S2. The molecule has 21 aromatic carbocycles. The molecule has 2 nitrogen and oxygen atoms in total. The molecule has 4 heteroatoms. The summed E-state index contributed by atoms with van der Waals surface area (Å²) in [6.45, 7) is 9.63. The highest BCUT2D eigenvalue weighted by atomic mass is 32.1. The monoisotopic (exact) mass is 1710 g/mol. The van der Waals surface area contributed by atoms with E-state index in [0.717, 1.165) is 34.1 Å². The molecule has 0 bridgehead atoms. The van der Waals surface area contributed by atoms with Crippen molar-refractivity contribution in [3.8, 4) is 145 Å². The van der Waals surface area contributed by atoms with Crippen molar-refractivity contribution >= 4 is 119 Å². The molecule has 0 unspecified atom stereocenters. The maximum atomic E-state index is 2.48. The van der Waals surface area contributed by atoms with Gasteiger partial charge in [-0.2, -0.15) is 0 Å². The Kier molecular flexibility index (Phi) is 17.8. The van der Waals surface area contributed by atoms with Gasteiger partial charge in [-0.25, -0.2) is 0 Å². The molecule has 2 heterocycles. The summed E-state index contributed by atoms with van der Waals surface area (Å²) in [5.41, 5.74) is 43.4. The minimum absolute atomic E-state index is 0.235. The summed E-state index contributed by atoms with van der Waals surface area (Å²) >= 11 is 3.73. The molecule has 0 radical (unpaired) electrons. The Labute approximate surface area is 776 Å². The van der Waals surface area contributed by atoms with Gasteiger partial charge in [0.25, 0.3) is 0 Å². The Bertz CT molecular complexity index is 8650. The van der Waals surface area contributed by atoms with Crippen LogP contribution in [0, 0.1) is 0 Å². The molecule has 0 saturated heterocycles. The van der Waals surface area contributed by atoms with E-state index in [0.29, 0.717) is 0 Å². The van der Waals surface area contributed by atoms with Gasteiger partial charge in [-0.05, 0) is 310 Å². The summed E-state index contributed by atoms with van der Waals surface area (Å²) in [7, 11) is 0. The number of hydrogen-bond acceptors (Lipinski definition) is 4. The Balaban J connectivity index is 0.493. The highest BCUT2D eigenvalue weighted by Gasteiger charge is 2.39. The molecule has 0 spiro atoms. The number of nitrogens with zero attached hydrogens (tertiary/aromatic N) is 2. The molecule has 2 aromatic heterocycles. The number of thiophene rings is 2. The molecule has 23 aromatic rings. The van der Waals surface area contributed by atoms with Crippen molar-refractivity contribution in [2.45, 2.75) is 38.5 Å². The third-order valence-corrected chi connectivity index (χ3v) is 31.2. The van der Waals surface area contributed by atoms with E-state index in [9.17, 15) is 0 Å². The molecule has 0 N–H and O–H groups in total. The van der Waals surface area contributed by atoms with Crippen LogP contribution in [0.2, 0.25) is 0 Å². The van der Waals surface area contributed by atoms with E-state index in [2.05, 4.69) is 486 Å². The topological polar surface area (TPSA) is 6.48 Å². The van der Waals surface area contributed by atoms with Crippen LogP contribution in [0.25, 0.3) is 207 Å². The molecule has 0 atom stereocenters. The lowest BCUT2D eigenvalue weighted by Gasteiger charge is -2.29. The third-order valence-electron chi connectivity index (χ3n) is 28.9. The molecule has 132 heavy (non-hydrogen) atoms. The van der Waals surface area contributed by atoms with Gasteiger partial charge in [0, 0.05) is 85.0 Å². The fraction of sp³-hybridized carbons (Fsp3) is 0.0469. The highest BCUT2D eigenvalue weighted by molar-refractivity contribution is 7.26. The normalized spacial score (nSPS) is 13.0. The Morgan fingerprint density at radius 1 is 0.159 bits per heavy atom. The van der Waals surface area contributed by atoms with Crippen LogP contribution in [0.4, 0.5) is 34.1 Å². The van der Waals surface area contributed by atoms with Gasteiger partial charge >= 0.3 is 0 Å². The van der Waals surface area contributed by atoms with Crippen LogP contribution in [0.3, 0.4) is 0 Å². The number of fused-ring (bicyclic) bond motifs is 16. The van der Waals surface area contributed by atoms with Gasteiger partial charge in [-0.1, -0.05) is 349 Å². The van der Waals surface area contributed by atoms with E-state index in [1.54, 1.807) is 0 Å². The summed E-state index contributed by atoms with van der Waals surface area (Å²) in [6.07, 6.45) is 0. The van der Waals surface area contributed by atoms with E-state index in [-0.39, 0.29) is 10.8 Å². The van der Waals surface area contributed by atoms with E-state index in [4.69, 9.17) is 0 Å². The van der Waals surface area contributed by atoms with Crippen LogP contribution in [0.5, 0.6) is 0 Å². The average molecular weight is 1720 g/mol. The Hall–Kier alpha value is -15.8. The second-order valence-corrected chi connectivity index (χ2v) is 39.1. The molecule has 0 amide bonds. The molecule has 0 fully saturated rings. The third kappa shape index (κ3) is 12.6. The summed E-state index contributed by atoms with van der Waals surface area (Å²) in [5, 5.41) is 10.2. The summed E-state index contributed by atoms with van der Waals surface area (Å²) < 4.78 is 5.30. The van der Waals surface area contributed by atoms with Crippen molar-refractivity contribution in [2.75, 3.05) is 9.80 Å². The Morgan fingerprint density at radius 3 is 1.00 bits per heavy atom. The average Bonchev–Trinajstić information content (AvgIpc) is 1.57. The SMILES string of the molecule is CC1(C)c2cc(-c3ccccc3)ccc2-c2ccc(N(c3ccc(-c4ccc(-c5ccc6sc7ccccc7c6c5)cc4)cc3)c3ccc(-c4ccc5c6c(cccc46)-c4cc(-c6cccc(-c7ccc8c(c7)C(C)(C)c7cc(N(c9ccc(-c%10ccc(-c%11ccc%12sc%13ccccc%13c%12c%11)cc%10)cc9)c9ccc(-c%10ccccc%10)c%10ccccc9%10)ccc7-8)c6)ccc4-5)cc3)cc21. The standard InChI is InChI=1S/C128H86N2S2/c1-127(2)117-75-93(79-19-7-5-8-20-79)48-61-104(117)106-63-58-98(77-119(106)127)129(95-52-41-82(42-53-95)80-33-37-84(38-34-80)90-50-69-124-115(73-90)109-27-13-15-31-122(109)131-124)96-56-45-87(46-57-96)101-65-66-113-103-60-47-92(72-114(103)112-30-18-29-111(101)126(112)113)88-23-17-24-89(71-88)94-49-62-105-107-64-59-99(78-120(107)128(3,4)118(105)76-94)130(121-68-67-100(86-21-9-6-10-22-86)102-25-11-12-26-108(102)121)97-54-43-83(44-55-97)81-35-39-85(40-36-81)91-51-70-125-116(74-91)110-28-14-16-32-123(110)132-125/h5-78H,1-4H3. The van der Waals surface area contributed by atoms with Crippen molar-refractivity contribution in [1.82, 2.24) is 0 Å². The summed E-state index contributed by atoms with van der Waals surface area (Å²) in [6, 6.07) is 169. The van der Waals surface area contributed by atoms with E-state index in [1.165, 1.54) is 229 Å². The predicted octanol–water partition coefficient (Wildman–Crippen LogP) is 36.9. The first-order valence-electron chi connectivity index (χ1n) is 45.9. The maximum absolute atomic E-state index is 2.48. The number of hydrogen-bond donors (Lipinski definition) is 0. The van der Waals surface area contributed by atoms with Gasteiger partial charge < -0.3 is 9.80 Å². The predicted molar refractivity (Wildman–Crippen MR) is 565 cm³/mol. The first-order valence-corrected chi connectivity index (χ1v) is 47.5. The van der Waals surface area contributed by atoms with Gasteiger partial charge in [0.2, 0.25) is 0 Å². The molecule has 3 aliphatic carbocycles. The number of anilines is 6. The smallest absolute Gasteiger partial charge is 0.0540 e. The second-order valence-electron chi connectivity index (χ2n) is 37.0. The maximum Gasteiger partial charge on any atom is 0.0540 e. The molecule has 0 saturated carbocycles. The van der Waals surface area contributed by atoms with E-state index < -0.39 is 0 Å². The van der Waals surface area contributed by atoms with Crippen LogP contribution in [0.1, 0.15) is 49.9 Å². The first kappa shape index (κ1) is 77.3. The van der Waals surface area contributed by atoms with Crippen LogP contribution in [0.15, 0.2) is 449 Å². The van der Waals surface area contributed by atoms with Crippen LogP contribution < -0.4 is 9.80 Å². The molecule has 0 aliphatic heterocycles. The highest BCUT2D eigenvalue weighted by Crippen LogP contribution is 2.57. The van der Waals surface area contributed by atoms with Crippen molar-refractivity contribution in [3.63, 3.8) is 0 Å². The van der Waals surface area contributed by atoms with Crippen LogP contribution >= 0.6 is 22.7 Å². The lowest BCUT2D eigenvalue weighted by Crippen LogP contribution is -2.17. The van der Waals surface area contributed by atoms with Crippen LogP contribution in [-0.4, -0.2) is 0 Å². The minimum Gasteiger partial charge on any atom is -0.310 e. The summed E-state index contributed by atoms with van der Waals surface area (Å²) in [5.74, 6) is 0. The number of rotatable bonds is 15. The van der Waals surface area contributed by atoms with Gasteiger partial charge in [0.05, 0.1) is 5.69 Å². The molecule has 620 valence electrons. The van der Waals surface area contributed by atoms with E-state index in [1.807, 2.05) is 22.7 Å². The van der Waals surface area contributed by atoms with Gasteiger partial charge in [-0.15, -0.1) is 22.7 Å². The zero-order valence-corrected chi connectivity index (χ0v) is 75.1. The molecular weight excluding hydrogens is 1630 g/mol. The fourth-order valence-electron chi connectivity index (χ4n) is 22.0. The first-order chi connectivity index (χ1) is 64.9. The lowest BCUT2D eigenvalue weighted by atomic mass is 9.81. The molecule has 26 rings (SSSR count). The second kappa shape index (κ2) is 30.4. The zero-order chi connectivity index (χ0) is 87.6.